The van der Waals surface area contributed by atoms with Crippen molar-refractivity contribution in [2.75, 3.05) is 16.6 Å². The first-order valence-corrected chi connectivity index (χ1v) is 12.9. The molecule has 8 nitrogen and oxygen atoms in total. The summed E-state index contributed by atoms with van der Waals surface area (Å²) in [6.45, 7) is 1.90. The van der Waals surface area contributed by atoms with E-state index in [2.05, 4.69) is 10.0 Å². The molecule has 0 bridgehead atoms. The number of alkyl halides is 3. The van der Waals surface area contributed by atoms with Crippen LogP contribution in [0.1, 0.15) is 17.3 Å². The number of benzene rings is 3. The monoisotopic (exact) mass is 528 g/mol. The van der Waals surface area contributed by atoms with E-state index in [1.54, 1.807) is 13.0 Å². The summed E-state index contributed by atoms with van der Waals surface area (Å²) in [7, 11) is -9.82. The standard InChI is InChI=1S/C22H19F3N2O6S2/c1-2-33-19-12-5-6-13-20(19)35(31,32)27-18-11-4-3-10-17(18)21(28)26-15-8-7-9-16(14-15)34(29,30)22(23,24)25/h3-14,27H,2H2,1H3,(H,26,28). The minimum atomic E-state index is -5.63. The number of hydrogen-bond donors (Lipinski definition) is 2. The van der Waals surface area contributed by atoms with Gasteiger partial charge in [0.2, 0.25) is 0 Å². The number of carbonyl (C=O) groups excluding carboxylic acids is 1. The Bertz CT molecular complexity index is 1460. The van der Waals surface area contributed by atoms with Gasteiger partial charge in [-0.05, 0) is 49.4 Å². The van der Waals surface area contributed by atoms with E-state index in [4.69, 9.17) is 4.74 Å². The van der Waals surface area contributed by atoms with Crippen molar-refractivity contribution in [1.29, 1.82) is 0 Å². The van der Waals surface area contributed by atoms with Gasteiger partial charge in [-0.2, -0.15) is 13.2 Å². The van der Waals surface area contributed by atoms with Gasteiger partial charge in [0.05, 0.1) is 22.8 Å². The zero-order valence-corrected chi connectivity index (χ0v) is 19.7. The Morgan fingerprint density at radius 1 is 0.914 bits per heavy atom. The molecule has 0 aliphatic rings. The Balaban J connectivity index is 1.91. The molecular weight excluding hydrogens is 509 g/mol. The number of nitrogens with one attached hydrogen (secondary N) is 2. The van der Waals surface area contributed by atoms with Crippen molar-refractivity contribution < 1.29 is 39.5 Å². The first kappa shape index (κ1) is 26.0. The van der Waals surface area contributed by atoms with Gasteiger partial charge in [0.1, 0.15) is 10.6 Å². The number of rotatable bonds is 8. The highest BCUT2D eigenvalue weighted by Crippen LogP contribution is 2.32. The Hall–Kier alpha value is -3.58. The molecule has 0 saturated carbocycles. The highest BCUT2D eigenvalue weighted by Gasteiger charge is 2.46. The molecule has 0 fully saturated rings. The molecule has 35 heavy (non-hydrogen) atoms. The van der Waals surface area contributed by atoms with Crippen molar-refractivity contribution in [3.05, 3.63) is 78.4 Å². The fourth-order valence-electron chi connectivity index (χ4n) is 2.99. The third kappa shape index (κ3) is 5.74. The Morgan fingerprint density at radius 2 is 1.57 bits per heavy atom. The maximum atomic E-state index is 13.0. The van der Waals surface area contributed by atoms with Gasteiger partial charge in [-0.25, -0.2) is 16.8 Å². The zero-order chi connectivity index (χ0) is 25.9. The summed E-state index contributed by atoms with van der Waals surface area (Å²) in [5.41, 5.74) is -6.03. The normalized spacial score (nSPS) is 12.1. The lowest BCUT2D eigenvalue weighted by Crippen LogP contribution is -2.23. The van der Waals surface area contributed by atoms with Gasteiger partial charge in [-0.15, -0.1) is 0 Å². The van der Waals surface area contributed by atoms with Crippen molar-refractivity contribution in [3.63, 3.8) is 0 Å². The van der Waals surface area contributed by atoms with E-state index in [1.807, 2.05) is 0 Å². The molecule has 0 atom stereocenters. The third-order valence-electron chi connectivity index (χ3n) is 4.56. The van der Waals surface area contributed by atoms with Crippen LogP contribution in [0, 0.1) is 0 Å². The van der Waals surface area contributed by atoms with Gasteiger partial charge in [0.15, 0.2) is 0 Å². The zero-order valence-electron chi connectivity index (χ0n) is 18.0. The van der Waals surface area contributed by atoms with E-state index >= 15 is 0 Å². The number of ether oxygens (including phenoxy) is 1. The van der Waals surface area contributed by atoms with E-state index < -0.39 is 36.2 Å². The minimum absolute atomic E-state index is 0.104. The van der Waals surface area contributed by atoms with Crippen molar-refractivity contribution in [1.82, 2.24) is 0 Å². The van der Waals surface area contributed by atoms with Crippen LogP contribution >= 0.6 is 0 Å². The average molecular weight is 529 g/mol. The topological polar surface area (TPSA) is 119 Å². The maximum absolute atomic E-state index is 13.0. The Kier molecular flexibility index (Phi) is 7.41. The summed E-state index contributed by atoms with van der Waals surface area (Å²) in [6.07, 6.45) is 0. The number of hydrogen-bond acceptors (Lipinski definition) is 6. The van der Waals surface area contributed by atoms with Gasteiger partial charge in [0.25, 0.3) is 25.8 Å². The van der Waals surface area contributed by atoms with E-state index in [9.17, 15) is 34.8 Å². The first-order chi connectivity index (χ1) is 16.4. The van der Waals surface area contributed by atoms with E-state index in [1.165, 1.54) is 48.5 Å². The molecule has 0 unspecified atom stereocenters. The fraction of sp³-hybridized carbons (Fsp3) is 0.136. The summed E-state index contributed by atoms with van der Waals surface area (Å²) < 4.78 is 95.5. The summed E-state index contributed by atoms with van der Waals surface area (Å²) in [5.74, 6) is -0.782. The van der Waals surface area contributed by atoms with Gasteiger partial charge >= 0.3 is 5.51 Å². The molecule has 13 heteroatoms. The number of amides is 1. The van der Waals surface area contributed by atoms with Gasteiger partial charge in [-0.1, -0.05) is 30.3 Å². The van der Waals surface area contributed by atoms with Crippen LogP contribution in [0.25, 0.3) is 0 Å². The van der Waals surface area contributed by atoms with Gasteiger partial charge in [0, 0.05) is 5.69 Å². The molecule has 0 aliphatic carbocycles. The van der Waals surface area contributed by atoms with Gasteiger partial charge in [-0.3, -0.25) is 9.52 Å². The third-order valence-corrected chi connectivity index (χ3v) is 7.45. The second-order valence-electron chi connectivity index (χ2n) is 6.96. The first-order valence-electron chi connectivity index (χ1n) is 9.93. The lowest BCUT2D eigenvalue weighted by Gasteiger charge is -2.15. The number of para-hydroxylation sites is 2. The molecule has 186 valence electrons. The summed E-state index contributed by atoms with van der Waals surface area (Å²) in [6, 6.07) is 15.1. The van der Waals surface area contributed by atoms with E-state index in [-0.39, 0.29) is 34.2 Å². The largest absolute Gasteiger partial charge is 0.501 e. The number of sulfone groups is 1. The van der Waals surface area contributed by atoms with Crippen molar-refractivity contribution >= 4 is 37.1 Å². The molecular formula is C22H19F3N2O6S2. The van der Waals surface area contributed by atoms with Crippen molar-refractivity contribution in [2.24, 2.45) is 0 Å². The van der Waals surface area contributed by atoms with Crippen LogP contribution < -0.4 is 14.8 Å². The molecule has 0 radical (unpaired) electrons. The van der Waals surface area contributed by atoms with Crippen LogP contribution in [0.5, 0.6) is 5.75 Å². The lowest BCUT2D eigenvalue weighted by molar-refractivity contribution is -0.0436. The molecule has 0 aliphatic heterocycles. The molecule has 0 aromatic heterocycles. The SMILES string of the molecule is CCOc1ccccc1S(=O)(=O)Nc1ccccc1C(=O)Nc1cccc(S(=O)(=O)C(F)(F)F)c1. The van der Waals surface area contributed by atoms with Crippen LogP contribution in [-0.4, -0.2) is 34.9 Å². The van der Waals surface area contributed by atoms with Gasteiger partial charge < -0.3 is 10.1 Å². The second kappa shape index (κ2) is 9.96. The second-order valence-corrected chi connectivity index (χ2v) is 10.6. The van der Waals surface area contributed by atoms with Crippen LogP contribution in [0.4, 0.5) is 24.5 Å². The van der Waals surface area contributed by atoms with Crippen LogP contribution in [-0.2, 0) is 19.9 Å². The lowest BCUT2D eigenvalue weighted by atomic mass is 10.1. The number of carbonyl (C=O) groups is 1. The van der Waals surface area contributed by atoms with Crippen molar-refractivity contribution in [2.45, 2.75) is 22.2 Å². The predicted octanol–water partition coefficient (Wildman–Crippen LogP) is 4.43. The molecule has 3 rings (SSSR count). The molecule has 3 aromatic rings. The molecule has 0 heterocycles. The Labute approximate surface area is 199 Å². The highest BCUT2D eigenvalue weighted by atomic mass is 32.2. The number of halogens is 3. The molecule has 1 amide bonds. The molecule has 0 spiro atoms. The van der Waals surface area contributed by atoms with E-state index in [0.29, 0.717) is 6.07 Å². The molecule has 0 saturated heterocycles. The van der Waals surface area contributed by atoms with Crippen LogP contribution in [0.15, 0.2) is 82.6 Å². The number of anilines is 2. The van der Waals surface area contributed by atoms with Crippen molar-refractivity contribution in [3.8, 4) is 5.75 Å². The summed E-state index contributed by atoms with van der Waals surface area (Å²) in [5, 5.41) is 2.29. The average Bonchev–Trinajstić information content (AvgIpc) is 2.79. The summed E-state index contributed by atoms with van der Waals surface area (Å²) >= 11 is 0. The maximum Gasteiger partial charge on any atom is 0.501 e. The van der Waals surface area contributed by atoms with E-state index in [0.717, 1.165) is 12.1 Å². The smallest absolute Gasteiger partial charge is 0.492 e. The molecule has 3 aromatic carbocycles. The Morgan fingerprint density at radius 3 is 2.26 bits per heavy atom. The summed E-state index contributed by atoms with van der Waals surface area (Å²) in [4.78, 5) is 11.6. The quantitative estimate of drug-likeness (QED) is 0.447. The fourth-order valence-corrected chi connectivity index (χ4v) is 5.02. The predicted molar refractivity (Wildman–Crippen MR) is 122 cm³/mol. The van der Waals surface area contributed by atoms with Crippen LogP contribution in [0.2, 0.25) is 0 Å². The minimum Gasteiger partial charge on any atom is -0.492 e. The highest BCUT2D eigenvalue weighted by molar-refractivity contribution is 7.93. The molecule has 2 N–H and O–H groups in total. The van der Waals surface area contributed by atoms with Crippen LogP contribution in [0.3, 0.4) is 0 Å². The number of sulfonamides is 1.